The van der Waals surface area contributed by atoms with Gasteiger partial charge in [-0.1, -0.05) is 55.6 Å². The van der Waals surface area contributed by atoms with Gasteiger partial charge in [0.25, 0.3) is 0 Å². The highest BCUT2D eigenvalue weighted by Gasteiger charge is 2.66. The Morgan fingerprint density at radius 3 is 2.21 bits per heavy atom. The van der Waals surface area contributed by atoms with Crippen LogP contribution in [0.2, 0.25) is 0 Å². The number of imide groups is 1. The molecule has 3 aromatic carbocycles. The van der Waals surface area contributed by atoms with Crippen LogP contribution in [0.3, 0.4) is 0 Å². The van der Waals surface area contributed by atoms with Crippen LogP contribution < -0.4 is 4.90 Å². The molecule has 7 unspecified atom stereocenters. The van der Waals surface area contributed by atoms with Crippen LogP contribution in [0.5, 0.6) is 0 Å². The summed E-state index contributed by atoms with van der Waals surface area (Å²) in [5.41, 5.74) is 3.49. The summed E-state index contributed by atoms with van der Waals surface area (Å²) in [7, 11) is 0. The zero-order chi connectivity index (χ0) is 33.1. The van der Waals surface area contributed by atoms with E-state index in [9.17, 15) is 23.6 Å². The lowest BCUT2D eigenvalue weighted by atomic mass is 9.81. The molecular formula is C36H28Br2ClFN2O5. The van der Waals surface area contributed by atoms with Crippen LogP contribution in [0.15, 0.2) is 72.8 Å². The monoisotopic (exact) mass is 780 g/mol. The van der Waals surface area contributed by atoms with Crippen molar-refractivity contribution >= 4 is 83.6 Å². The van der Waals surface area contributed by atoms with Crippen molar-refractivity contribution in [2.75, 3.05) is 10.8 Å². The van der Waals surface area contributed by atoms with Crippen LogP contribution in [-0.2, 0) is 14.3 Å². The number of alkyl halides is 3. The first-order chi connectivity index (χ1) is 22.6. The standard InChI is InChI=1S/C36H28Br2ClFN2O5/c1-17-2-11-26-22(14-17)23(36(46)47-28(12-13-39)33(43)19-3-7-20(40)8-4-19)16-27(41-26)18-5-9-21(10-6-18)42-34(44)29-24-15-25(30(29)35(42)45)32(38)31(24)37/h2-11,14,16,24-25,28-32H,12-13,15H2,1H3. The maximum atomic E-state index is 13.7. The number of halogens is 4. The third-order valence-electron chi connectivity index (χ3n) is 9.63. The van der Waals surface area contributed by atoms with Crippen molar-refractivity contribution in [2.24, 2.45) is 23.7 Å². The second-order valence-corrected chi connectivity index (χ2v) is 14.9. The molecule has 7 rings (SSSR count). The molecule has 2 heterocycles. The first-order valence-corrected chi connectivity index (χ1v) is 17.7. The van der Waals surface area contributed by atoms with E-state index in [1.54, 1.807) is 30.3 Å². The number of nitrogens with zero attached hydrogens (tertiary/aromatic N) is 2. The van der Waals surface area contributed by atoms with E-state index in [-0.39, 0.29) is 68.6 Å². The topological polar surface area (TPSA) is 93.6 Å². The van der Waals surface area contributed by atoms with Gasteiger partial charge >= 0.3 is 5.97 Å². The van der Waals surface area contributed by atoms with Crippen molar-refractivity contribution in [3.63, 3.8) is 0 Å². The van der Waals surface area contributed by atoms with Gasteiger partial charge in [0.05, 0.1) is 34.3 Å². The maximum absolute atomic E-state index is 13.7. The minimum atomic E-state index is -1.17. The molecule has 2 bridgehead atoms. The minimum absolute atomic E-state index is 0.0664. The molecule has 47 heavy (non-hydrogen) atoms. The van der Waals surface area contributed by atoms with Gasteiger partial charge in [-0.05, 0) is 79.8 Å². The Bertz CT molecular complexity index is 1910. The number of benzene rings is 3. The number of pyridine rings is 1. The minimum Gasteiger partial charge on any atom is -0.450 e. The fourth-order valence-electron chi connectivity index (χ4n) is 7.38. The van der Waals surface area contributed by atoms with E-state index in [4.69, 9.17) is 21.3 Å². The number of esters is 1. The Morgan fingerprint density at radius 1 is 0.957 bits per heavy atom. The molecular weight excluding hydrogens is 755 g/mol. The van der Waals surface area contributed by atoms with E-state index in [0.29, 0.717) is 27.8 Å². The zero-order valence-corrected chi connectivity index (χ0v) is 29.0. The number of Topliss-reactive ketones (excluding diaryl/α,β-unsaturated/α-hetero) is 1. The number of carbonyl (C=O) groups excluding carboxylic acids is 4. The highest BCUT2D eigenvalue weighted by Crippen LogP contribution is 2.60. The molecule has 11 heteroatoms. The Hall–Kier alpha value is -3.47. The van der Waals surface area contributed by atoms with Gasteiger partial charge in [-0.25, -0.2) is 14.2 Å². The average Bonchev–Trinajstić information content (AvgIpc) is 3.68. The number of ether oxygens (including phenoxy) is 1. The second-order valence-electron chi connectivity index (χ2n) is 12.4. The fraction of sp³-hybridized carbons (Fsp3) is 0.306. The molecule has 2 amide bonds. The van der Waals surface area contributed by atoms with Gasteiger partial charge in [-0.3, -0.25) is 19.3 Å². The van der Waals surface area contributed by atoms with Crippen molar-refractivity contribution in [1.29, 1.82) is 0 Å². The third kappa shape index (κ3) is 5.52. The molecule has 0 N–H and O–H groups in total. The highest BCUT2D eigenvalue weighted by molar-refractivity contribution is 9.12. The molecule has 1 saturated heterocycles. The number of rotatable bonds is 8. The summed E-state index contributed by atoms with van der Waals surface area (Å²) in [5, 5.41) is 0.554. The number of aryl methyl sites for hydroxylation is 1. The van der Waals surface area contributed by atoms with Gasteiger partial charge in [0.1, 0.15) is 5.82 Å². The molecule has 0 radical (unpaired) electrons. The van der Waals surface area contributed by atoms with Crippen LogP contribution in [0, 0.1) is 36.4 Å². The van der Waals surface area contributed by atoms with Gasteiger partial charge in [-0.15, -0.1) is 11.6 Å². The smallest absolute Gasteiger partial charge is 0.339 e. The van der Waals surface area contributed by atoms with Crippen LogP contribution >= 0.6 is 43.5 Å². The van der Waals surface area contributed by atoms with Gasteiger partial charge in [-0.2, -0.15) is 0 Å². The molecule has 1 aliphatic heterocycles. The summed E-state index contributed by atoms with van der Waals surface area (Å²) in [6.07, 6.45) is -0.244. The van der Waals surface area contributed by atoms with Gasteiger partial charge in [0, 0.05) is 38.5 Å². The Morgan fingerprint density at radius 2 is 1.60 bits per heavy atom. The molecule has 4 aromatic rings. The van der Waals surface area contributed by atoms with Crippen molar-refractivity contribution in [3.8, 4) is 11.3 Å². The van der Waals surface area contributed by atoms with Crippen molar-refractivity contribution in [3.05, 3.63) is 95.3 Å². The summed E-state index contributed by atoms with van der Waals surface area (Å²) >= 11 is 13.4. The zero-order valence-electron chi connectivity index (χ0n) is 25.0. The van der Waals surface area contributed by atoms with E-state index in [2.05, 4.69) is 31.9 Å². The van der Waals surface area contributed by atoms with Gasteiger partial charge in [0.2, 0.25) is 17.6 Å². The normalized spacial score (nSPS) is 25.3. The van der Waals surface area contributed by atoms with Gasteiger partial charge in [0.15, 0.2) is 6.10 Å². The summed E-state index contributed by atoms with van der Waals surface area (Å²) in [4.78, 5) is 60.4. The number of carbonyl (C=O) groups is 4. The molecule has 0 spiro atoms. The molecule has 7 atom stereocenters. The lowest BCUT2D eigenvalue weighted by Gasteiger charge is -2.28. The number of amides is 2. The summed E-state index contributed by atoms with van der Waals surface area (Å²) in [5.74, 6) is -2.34. The van der Waals surface area contributed by atoms with E-state index < -0.39 is 23.7 Å². The first-order valence-electron chi connectivity index (χ1n) is 15.3. The predicted octanol–water partition coefficient (Wildman–Crippen LogP) is 7.67. The molecule has 2 saturated carbocycles. The Balaban J connectivity index is 1.19. The molecule has 240 valence electrons. The summed E-state index contributed by atoms with van der Waals surface area (Å²) in [6, 6.07) is 19.1. The number of hydrogen-bond acceptors (Lipinski definition) is 6. The lowest BCUT2D eigenvalue weighted by Crippen LogP contribution is -2.37. The molecule has 3 fully saturated rings. The fourth-order valence-corrected chi connectivity index (χ4v) is 9.45. The first kappa shape index (κ1) is 32.1. The average molecular weight is 783 g/mol. The number of ketones is 1. The highest BCUT2D eigenvalue weighted by atomic mass is 79.9. The largest absolute Gasteiger partial charge is 0.450 e. The van der Waals surface area contributed by atoms with E-state index >= 15 is 0 Å². The second kappa shape index (κ2) is 12.5. The van der Waals surface area contributed by atoms with Crippen molar-refractivity contribution < 1.29 is 28.3 Å². The maximum Gasteiger partial charge on any atom is 0.339 e. The predicted molar refractivity (Wildman–Crippen MR) is 184 cm³/mol. The van der Waals surface area contributed by atoms with Gasteiger partial charge < -0.3 is 4.74 Å². The van der Waals surface area contributed by atoms with Crippen molar-refractivity contribution in [2.45, 2.75) is 35.5 Å². The van der Waals surface area contributed by atoms with Crippen molar-refractivity contribution in [1.82, 2.24) is 4.98 Å². The van der Waals surface area contributed by atoms with E-state index in [1.165, 1.54) is 29.2 Å². The molecule has 7 nitrogen and oxygen atoms in total. The number of anilines is 1. The number of aromatic nitrogens is 1. The van der Waals surface area contributed by atoms with E-state index in [0.717, 1.165) is 12.0 Å². The quantitative estimate of drug-likeness (QED) is 0.0789. The van der Waals surface area contributed by atoms with Crippen LogP contribution in [0.1, 0.15) is 39.1 Å². The molecule has 1 aromatic heterocycles. The molecule has 3 aliphatic rings. The summed E-state index contributed by atoms with van der Waals surface area (Å²) < 4.78 is 19.2. The lowest BCUT2D eigenvalue weighted by molar-refractivity contribution is -0.123. The van der Waals surface area contributed by atoms with Crippen LogP contribution in [0.25, 0.3) is 22.2 Å². The van der Waals surface area contributed by atoms with Crippen LogP contribution in [0.4, 0.5) is 10.1 Å². The van der Waals surface area contributed by atoms with Crippen LogP contribution in [-0.4, -0.2) is 50.2 Å². The summed E-state index contributed by atoms with van der Waals surface area (Å²) in [6.45, 7) is 1.90. The SMILES string of the molecule is Cc1ccc2nc(-c3ccc(N4C(=O)C5C6CC(C(Br)C6Br)C5C4=O)cc3)cc(C(=O)OC(CCCl)C(=O)c3ccc(F)cc3)c2c1. The Labute approximate surface area is 292 Å². The molecule has 2 aliphatic carbocycles. The number of hydrogen-bond donors (Lipinski definition) is 0. The van der Waals surface area contributed by atoms with E-state index in [1.807, 2.05) is 25.1 Å². The Kier molecular flexibility index (Phi) is 8.55. The number of fused-ring (bicyclic) bond motifs is 6. The third-order valence-corrected chi connectivity index (χ3v) is 13.1.